The Hall–Kier alpha value is -5.48. The first-order valence-electron chi connectivity index (χ1n) is 20.9. The molecule has 8 nitrogen and oxygen atoms in total. The molecular weight excluding hydrogens is 844 g/mol. The lowest BCUT2D eigenvalue weighted by atomic mass is 9.71. The van der Waals surface area contributed by atoms with Crippen LogP contribution >= 0.6 is 34.5 Å². The number of rotatable bonds is 6. The number of pyridine rings is 2. The number of nitrogens with zero attached hydrogens (tertiary/aromatic N) is 6. The van der Waals surface area contributed by atoms with Gasteiger partial charge in [0.05, 0.1) is 32.2 Å². The highest BCUT2D eigenvalue weighted by Crippen LogP contribution is 2.45. The Kier molecular flexibility index (Phi) is 12.2. The molecular formula is C52H52Cl2N6O2S. The van der Waals surface area contributed by atoms with E-state index in [9.17, 15) is 9.59 Å². The molecule has 63 heavy (non-hydrogen) atoms. The van der Waals surface area contributed by atoms with E-state index in [-0.39, 0.29) is 11.6 Å². The predicted molar refractivity (Wildman–Crippen MR) is 261 cm³/mol. The molecule has 3 heterocycles. The van der Waals surface area contributed by atoms with Gasteiger partial charge in [0.15, 0.2) is 11.6 Å². The molecule has 0 N–H and O–H groups in total. The number of benzene rings is 2. The van der Waals surface area contributed by atoms with Crippen molar-refractivity contribution in [3.63, 3.8) is 0 Å². The number of ketones is 2. The summed E-state index contributed by atoms with van der Waals surface area (Å²) in [5, 5.41) is 22.5. The summed E-state index contributed by atoms with van der Waals surface area (Å²) in [6.45, 7) is 24.6. The number of aromatic nitrogens is 2. The minimum absolute atomic E-state index is 0.0203. The number of hydrogen-bond donors (Lipinski definition) is 0. The van der Waals surface area contributed by atoms with Crippen molar-refractivity contribution in [3.8, 4) is 0 Å². The fourth-order valence-corrected chi connectivity index (χ4v) is 8.80. The van der Waals surface area contributed by atoms with Crippen LogP contribution in [0.2, 0.25) is 10.0 Å². The normalized spacial score (nSPS) is 15.7. The highest BCUT2D eigenvalue weighted by atomic mass is 35.5. The summed E-state index contributed by atoms with van der Waals surface area (Å²) in [6.07, 6.45) is 11.2. The number of halogens is 2. The summed E-state index contributed by atoms with van der Waals surface area (Å²) in [5.74, 6) is 0.0407. The Bertz CT molecular complexity index is 2710. The second kappa shape index (κ2) is 16.9. The summed E-state index contributed by atoms with van der Waals surface area (Å²) >= 11 is 14.2. The van der Waals surface area contributed by atoms with Gasteiger partial charge in [-0.15, -0.1) is 31.8 Å². The monoisotopic (exact) mass is 894 g/mol. The fraction of sp³-hybridized carbons (Fsp3) is 0.308. The van der Waals surface area contributed by atoms with E-state index in [0.29, 0.717) is 66.1 Å². The van der Waals surface area contributed by atoms with E-state index in [1.165, 1.54) is 11.3 Å². The Morgan fingerprint density at radius 3 is 1.14 bits per heavy atom. The van der Waals surface area contributed by atoms with E-state index in [0.717, 1.165) is 31.7 Å². The Labute approximate surface area is 384 Å². The standard InChI is InChI=1S/C52H52Cl2N6O2S/c1-49(2,3)35-23-29(24-36(47(35)61)50(4,5)6)45(59-57-39-19-21-55-41-27-31(53)13-15-33(39)41)43-17-18-44(63-43)46(60-58-40-20-22-56-42-28-32(54)14-16-34(40)42)30-25-37(51(7,8)9)48(62)38(26-30)52(10,11)12/h13-28H,1-12H3. The van der Waals surface area contributed by atoms with E-state index >= 15 is 0 Å². The van der Waals surface area contributed by atoms with Crippen LogP contribution in [0, 0.1) is 21.7 Å². The molecule has 0 aliphatic heterocycles. The zero-order valence-corrected chi connectivity index (χ0v) is 40.2. The molecule has 0 spiro atoms. The average molecular weight is 896 g/mol. The van der Waals surface area contributed by atoms with Gasteiger partial charge in [0, 0.05) is 66.7 Å². The molecule has 0 bridgehead atoms. The third-order valence-corrected chi connectivity index (χ3v) is 12.5. The van der Waals surface area contributed by atoms with Crippen LogP contribution in [0.3, 0.4) is 0 Å². The van der Waals surface area contributed by atoms with Gasteiger partial charge < -0.3 is 0 Å². The number of Topliss-reactive ketones (excluding diaryl/α,β-unsaturated/α-hetero) is 2. The molecule has 5 aromatic rings. The third kappa shape index (κ3) is 9.71. The zero-order valence-electron chi connectivity index (χ0n) is 37.9. The lowest BCUT2D eigenvalue weighted by molar-refractivity contribution is -0.114. The van der Waals surface area contributed by atoms with Crippen LogP contribution in [0.4, 0.5) is 11.4 Å². The third-order valence-electron chi connectivity index (χ3n) is 10.9. The van der Waals surface area contributed by atoms with Gasteiger partial charge >= 0.3 is 0 Å². The molecule has 2 aromatic carbocycles. The van der Waals surface area contributed by atoms with Crippen molar-refractivity contribution >= 4 is 90.7 Å². The van der Waals surface area contributed by atoms with Crippen LogP contribution in [0.15, 0.2) is 151 Å². The van der Waals surface area contributed by atoms with Gasteiger partial charge in [0.25, 0.3) is 0 Å². The molecule has 0 atom stereocenters. The van der Waals surface area contributed by atoms with Gasteiger partial charge in [-0.25, -0.2) is 0 Å². The maximum atomic E-state index is 14.1. The summed E-state index contributed by atoms with van der Waals surface area (Å²) in [4.78, 5) is 38.9. The van der Waals surface area contributed by atoms with E-state index in [4.69, 9.17) is 43.7 Å². The van der Waals surface area contributed by atoms with Crippen molar-refractivity contribution in [2.45, 2.75) is 83.1 Å². The molecule has 3 aromatic heterocycles. The topological polar surface area (TPSA) is 109 Å². The molecule has 0 radical (unpaired) electrons. The smallest absolute Gasteiger partial charge is 0.186 e. The van der Waals surface area contributed by atoms with Gasteiger partial charge in [-0.3, -0.25) is 19.6 Å². The average Bonchev–Trinajstić information content (AvgIpc) is 3.66. The first kappa shape index (κ1) is 45.5. The first-order chi connectivity index (χ1) is 29.4. The molecule has 0 amide bonds. The summed E-state index contributed by atoms with van der Waals surface area (Å²) in [5.41, 5.74) is 6.23. The van der Waals surface area contributed by atoms with Crippen LogP contribution in [0.1, 0.15) is 92.8 Å². The lowest BCUT2D eigenvalue weighted by Gasteiger charge is -2.31. The fourth-order valence-electron chi connectivity index (χ4n) is 7.44. The second-order valence-corrected chi connectivity index (χ2v) is 22.0. The lowest BCUT2D eigenvalue weighted by Crippen LogP contribution is -2.28. The van der Waals surface area contributed by atoms with Gasteiger partial charge in [-0.2, -0.15) is 0 Å². The number of azo groups is 2. The molecule has 0 saturated carbocycles. The number of allylic oxidation sites excluding steroid dienone is 10. The van der Waals surface area contributed by atoms with E-state index in [1.807, 2.05) is 72.8 Å². The SMILES string of the molecule is CC(C)(C)C1=CC(=C(N=Nc2ccnc3cc(Cl)ccc23)c2ccc(C(N=Nc3ccnc4cc(Cl)ccc34)=C3C=C(C(C)(C)C)C(=O)C(C(C)(C)C)=C3)s2)C=C(C(C)(C)C)C1=O. The molecule has 0 unspecified atom stereocenters. The largest absolute Gasteiger partial charge is 0.289 e. The minimum atomic E-state index is -0.455. The molecule has 11 heteroatoms. The van der Waals surface area contributed by atoms with Gasteiger partial charge in [-0.1, -0.05) is 106 Å². The maximum Gasteiger partial charge on any atom is 0.186 e. The Balaban J connectivity index is 1.51. The number of hydrogen-bond acceptors (Lipinski definition) is 9. The highest BCUT2D eigenvalue weighted by molar-refractivity contribution is 7.14. The van der Waals surface area contributed by atoms with E-state index < -0.39 is 21.7 Å². The van der Waals surface area contributed by atoms with Gasteiger partial charge in [0.1, 0.15) is 11.4 Å². The van der Waals surface area contributed by atoms with Crippen LogP contribution in [0.5, 0.6) is 0 Å². The van der Waals surface area contributed by atoms with E-state index in [1.54, 1.807) is 24.5 Å². The maximum absolute atomic E-state index is 14.1. The molecule has 2 aliphatic rings. The predicted octanol–water partition coefficient (Wildman–Crippen LogP) is 16.2. The first-order valence-corrected chi connectivity index (χ1v) is 22.5. The molecule has 2 aliphatic carbocycles. The van der Waals surface area contributed by atoms with Crippen molar-refractivity contribution in [1.82, 2.24) is 9.97 Å². The van der Waals surface area contributed by atoms with Crippen molar-refractivity contribution in [1.29, 1.82) is 0 Å². The van der Waals surface area contributed by atoms with E-state index in [2.05, 4.69) is 93.1 Å². The van der Waals surface area contributed by atoms with Crippen LogP contribution in [-0.4, -0.2) is 21.5 Å². The number of fused-ring (bicyclic) bond motifs is 2. The molecule has 0 fully saturated rings. The molecule has 322 valence electrons. The summed E-state index contributed by atoms with van der Waals surface area (Å²) < 4.78 is 0. The molecule has 7 rings (SSSR count). The van der Waals surface area contributed by atoms with Crippen LogP contribution in [-0.2, 0) is 9.59 Å². The van der Waals surface area contributed by atoms with Crippen molar-refractivity contribution in [2.24, 2.45) is 42.1 Å². The second-order valence-electron chi connectivity index (χ2n) is 20.0. The van der Waals surface area contributed by atoms with Crippen molar-refractivity contribution in [2.75, 3.05) is 0 Å². The zero-order chi connectivity index (χ0) is 45.8. The van der Waals surface area contributed by atoms with Gasteiger partial charge in [-0.05, 0) is 107 Å². The number of carbonyl (C=O) groups excluding carboxylic acids is 2. The Morgan fingerprint density at radius 1 is 0.492 bits per heavy atom. The molecule has 0 saturated heterocycles. The number of carbonyl (C=O) groups is 2. The minimum Gasteiger partial charge on any atom is -0.289 e. The van der Waals surface area contributed by atoms with Crippen molar-refractivity contribution in [3.05, 3.63) is 151 Å². The quantitative estimate of drug-likeness (QED) is 0.158. The van der Waals surface area contributed by atoms with Crippen LogP contribution in [0.25, 0.3) is 33.2 Å². The summed E-state index contributed by atoms with van der Waals surface area (Å²) in [7, 11) is 0. The Morgan fingerprint density at radius 2 is 0.825 bits per heavy atom. The van der Waals surface area contributed by atoms with Gasteiger partial charge in [0.2, 0.25) is 0 Å². The summed E-state index contributed by atoms with van der Waals surface area (Å²) in [6, 6.07) is 18.7. The van der Waals surface area contributed by atoms with Crippen LogP contribution < -0.4 is 0 Å². The van der Waals surface area contributed by atoms with Crippen molar-refractivity contribution < 1.29 is 9.59 Å². The highest BCUT2D eigenvalue weighted by Gasteiger charge is 2.37. The number of thiophene rings is 1.